The van der Waals surface area contributed by atoms with Gasteiger partial charge in [-0.15, -0.1) is 0 Å². The molecule has 0 heterocycles. The maximum absolute atomic E-state index is 10.5. The average Bonchev–Trinajstić information content (AvgIpc) is 2.20. The van der Waals surface area contributed by atoms with Crippen molar-refractivity contribution in [3.63, 3.8) is 0 Å². The monoisotopic (exact) mass is 227 g/mol. The van der Waals surface area contributed by atoms with Crippen LogP contribution in [0, 0.1) is 10.1 Å². The molecule has 0 unspecified atom stereocenters. The molecule has 1 amide bonds. The first kappa shape index (κ1) is 11.1. The molecule has 0 saturated carbocycles. The number of hydrogen-bond donors (Lipinski definition) is 1. The summed E-state index contributed by atoms with van der Waals surface area (Å²) in [5.74, 6) is 0. The highest BCUT2D eigenvalue weighted by molar-refractivity contribution is 6.32. The van der Waals surface area contributed by atoms with Gasteiger partial charge >= 0.3 is 0 Å². The lowest BCUT2D eigenvalue weighted by Gasteiger charge is -1.96. The Morgan fingerprint density at radius 3 is 2.87 bits per heavy atom. The molecule has 7 heteroatoms. The number of carbonyl (C=O) groups is 1. The number of amides is 1. The largest absolute Gasteiger partial charge is 0.288 e. The molecule has 0 saturated heterocycles. The lowest BCUT2D eigenvalue weighted by atomic mass is 10.2. The molecule has 0 radical (unpaired) electrons. The molecule has 1 aromatic carbocycles. The van der Waals surface area contributed by atoms with Gasteiger partial charge in [0.2, 0.25) is 6.41 Å². The zero-order valence-electron chi connectivity index (χ0n) is 7.38. The third-order valence-electron chi connectivity index (χ3n) is 1.51. The number of halogens is 1. The van der Waals surface area contributed by atoms with Crippen molar-refractivity contribution in [2.75, 3.05) is 0 Å². The molecule has 1 aromatic rings. The minimum absolute atomic E-state index is 0.0560. The molecule has 0 aliphatic rings. The second kappa shape index (κ2) is 5.06. The fourth-order valence-electron chi connectivity index (χ4n) is 0.892. The maximum Gasteiger partial charge on any atom is 0.288 e. The summed E-state index contributed by atoms with van der Waals surface area (Å²) in [7, 11) is 0. The number of benzene rings is 1. The van der Waals surface area contributed by atoms with Crippen LogP contribution in [0.1, 0.15) is 5.56 Å². The molecule has 0 aromatic heterocycles. The molecule has 1 rings (SSSR count). The number of rotatable bonds is 4. The van der Waals surface area contributed by atoms with Crippen LogP contribution in [0.5, 0.6) is 0 Å². The van der Waals surface area contributed by atoms with Gasteiger partial charge in [-0.25, -0.2) is 5.43 Å². The summed E-state index contributed by atoms with van der Waals surface area (Å²) in [4.78, 5) is 19.8. The third kappa shape index (κ3) is 3.03. The molecule has 1 N–H and O–H groups in total. The smallest absolute Gasteiger partial charge is 0.277 e. The van der Waals surface area contributed by atoms with Gasteiger partial charge in [-0.1, -0.05) is 17.7 Å². The molecule has 0 fully saturated rings. The Bertz CT molecular complexity index is 420. The van der Waals surface area contributed by atoms with E-state index in [1.54, 1.807) is 6.07 Å². The number of nitrogens with one attached hydrogen (secondary N) is 1. The van der Waals surface area contributed by atoms with Gasteiger partial charge in [0, 0.05) is 11.6 Å². The summed E-state index contributed by atoms with van der Waals surface area (Å²) < 4.78 is 0. The van der Waals surface area contributed by atoms with Crippen LogP contribution in [0.25, 0.3) is 0 Å². The Balaban J connectivity index is 2.97. The van der Waals surface area contributed by atoms with Crippen LogP contribution in [0.4, 0.5) is 5.69 Å². The zero-order chi connectivity index (χ0) is 11.3. The van der Waals surface area contributed by atoms with E-state index >= 15 is 0 Å². The summed E-state index contributed by atoms with van der Waals surface area (Å²) in [6, 6.07) is 4.20. The number of nitrogens with zero attached hydrogens (tertiary/aromatic N) is 2. The molecule has 78 valence electrons. The van der Waals surface area contributed by atoms with Crippen molar-refractivity contribution >= 4 is 29.9 Å². The van der Waals surface area contributed by atoms with E-state index in [0.29, 0.717) is 12.0 Å². The van der Waals surface area contributed by atoms with Crippen LogP contribution in [-0.4, -0.2) is 17.5 Å². The number of carbonyl (C=O) groups excluding carboxylic acids is 1. The van der Waals surface area contributed by atoms with E-state index in [1.807, 2.05) is 5.43 Å². The quantitative estimate of drug-likeness (QED) is 0.364. The van der Waals surface area contributed by atoms with Gasteiger partial charge in [-0.3, -0.25) is 14.9 Å². The van der Waals surface area contributed by atoms with Crippen LogP contribution < -0.4 is 5.43 Å². The van der Waals surface area contributed by atoms with Crippen molar-refractivity contribution in [3.8, 4) is 0 Å². The van der Waals surface area contributed by atoms with Crippen molar-refractivity contribution in [1.29, 1.82) is 0 Å². The van der Waals surface area contributed by atoms with Crippen LogP contribution in [0.2, 0.25) is 5.02 Å². The van der Waals surface area contributed by atoms with Gasteiger partial charge in [-0.05, 0) is 6.07 Å². The van der Waals surface area contributed by atoms with E-state index in [1.165, 1.54) is 18.3 Å². The second-order valence-electron chi connectivity index (χ2n) is 2.47. The summed E-state index contributed by atoms with van der Waals surface area (Å²) in [5, 5.41) is 14.0. The van der Waals surface area contributed by atoms with Gasteiger partial charge in [0.15, 0.2) is 0 Å². The van der Waals surface area contributed by atoms with Crippen LogP contribution >= 0.6 is 11.6 Å². The van der Waals surface area contributed by atoms with Crippen molar-refractivity contribution < 1.29 is 9.72 Å². The minimum atomic E-state index is -0.590. The topological polar surface area (TPSA) is 84.6 Å². The summed E-state index contributed by atoms with van der Waals surface area (Å²) in [6.45, 7) is 0. The number of hydrazone groups is 1. The van der Waals surface area contributed by atoms with E-state index in [9.17, 15) is 14.9 Å². The van der Waals surface area contributed by atoms with Crippen molar-refractivity contribution in [3.05, 3.63) is 38.9 Å². The van der Waals surface area contributed by atoms with Crippen molar-refractivity contribution in [2.24, 2.45) is 5.10 Å². The fourth-order valence-corrected chi connectivity index (χ4v) is 1.08. The zero-order valence-corrected chi connectivity index (χ0v) is 8.14. The highest BCUT2D eigenvalue weighted by atomic mass is 35.5. The predicted octanol–water partition coefficient (Wildman–Crippen LogP) is 1.33. The molecule has 6 nitrogen and oxygen atoms in total. The van der Waals surface area contributed by atoms with Crippen molar-refractivity contribution in [2.45, 2.75) is 0 Å². The minimum Gasteiger partial charge on any atom is -0.277 e. The Labute approximate surface area is 89.7 Å². The molecule has 0 aliphatic heterocycles. The Hall–Kier alpha value is -1.95. The standard InChI is InChI=1S/C8H6ClN3O3/c9-7-2-1-6(4-10-11-5-13)3-8(7)12(14)15/h1-5H,(H,11,13)/b10-4+. The molecule has 0 aliphatic carbocycles. The van der Waals surface area contributed by atoms with Crippen LogP contribution in [0.15, 0.2) is 23.3 Å². The molecule has 15 heavy (non-hydrogen) atoms. The number of nitro groups is 1. The van der Waals surface area contributed by atoms with Crippen molar-refractivity contribution in [1.82, 2.24) is 5.43 Å². The van der Waals surface area contributed by atoms with E-state index in [0.717, 1.165) is 0 Å². The highest BCUT2D eigenvalue weighted by Gasteiger charge is 2.11. The molecule has 0 spiro atoms. The Kier molecular flexibility index (Phi) is 3.75. The van der Waals surface area contributed by atoms with E-state index in [4.69, 9.17) is 11.6 Å². The van der Waals surface area contributed by atoms with E-state index in [2.05, 4.69) is 5.10 Å². The van der Waals surface area contributed by atoms with Gasteiger partial charge in [-0.2, -0.15) is 5.10 Å². The first-order valence-electron chi connectivity index (χ1n) is 3.81. The second-order valence-corrected chi connectivity index (χ2v) is 2.88. The highest BCUT2D eigenvalue weighted by Crippen LogP contribution is 2.24. The molecular weight excluding hydrogens is 222 g/mol. The van der Waals surface area contributed by atoms with Crippen LogP contribution in [-0.2, 0) is 4.79 Å². The number of hydrogen-bond acceptors (Lipinski definition) is 4. The average molecular weight is 228 g/mol. The lowest BCUT2D eigenvalue weighted by molar-refractivity contribution is -0.384. The predicted molar refractivity (Wildman–Crippen MR) is 54.9 cm³/mol. The maximum atomic E-state index is 10.5. The van der Waals surface area contributed by atoms with Gasteiger partial charge in [0.05, 0.1) is 11.1 Å². The van der Waals surface area contributed by atoms with Gasteiger partial charge in [0.25, 0.3) is 5.69 Å². The molecule has 0 bridgehead atoms. The Morgan fingerprint density at radius 2 is 2.27 bits per heavy atom. The third-order valence-corrected chi connectivity index (χ3v) is 1.83. The SMILES string of the molecule is O=CN/N=C/c1ccc(Cl)c([N+](=O)[O-])c1. The lowest BCUT2D eigenvalue weighted by Crippen LogP contribution is -2.00. The normalized spacial score (nSPS) is 10.2. The first-order valence-corrected chi connectivity index (χ1v) is 4.19. The molecular formula is C8H6ClN3O3. The summed E-state index contributed by atoms with van der Waals surface area (Å²) in [5.41, 5.74) is 2.32. The molecule has 0 atom stereocenters. The fraction of sp³-hybridized carbons (Fsp3) is 0. The van der Waals surface area contributed by atoms with E-state index < -0.39 is 4.92 Å². The van der Waals surface area contributed by atoms with Gasteiger partial charge in [0.1, 0.15) is 5.02 Å². The van der Waals surface area contributed by atoms with E-state index in [-0.39, 0.29) is 10.7 Å². The number of nitro benzene ring substituents is 1. The summed E-state index contributed by atoms with van der Waals surface area (Å²) >= 11 is 5.59. The van der Waals surface area contributed by atoms with Crippen LogP contribution in [0.3, 0.4) is 0 Å². The summed E-state index contributed by atoms with van der Waals surface area (Å²) in [6.07, 6.45) is 1.67. The Morgan fingerprint density at radius 1 is 1.53 bits per heavy atom. The first-order chi connectivity index (χ1) is 7.15. The van der Waals surface area contributed by atoms with Gasteiger partial charge < -0.3 is 0 Å².